The molecule has 1 aromatic heterocycles. The molecule has 0 aliphatic carbocycles. The Labute approximate surface area is 165 Å². The summed E-state index contributed by atoms with van der Waals surface area (Å²) in [5.74, 6) is -0.412. The normalized spacial score (nSPS) is 11.2. The number of para-hydroxylation sites is 1. The molecule has 0 spiro atoms. The summed E-state index contributed by atoms with van der Waals surface area (Å²) in [7, 11) is 0. The standard InChI is InChI=1S/C24H23N3O/c1-16-10-11-23(17(2)12-16)27-18(3)13-20(19(27)4)14-21(15-25)24(28)26-22-8-6-5-7-9-22/h5-14H,1-4H3,(H,26,28)/b21-14-. The molecule has 2 aromatic carbocycles. The number of rotatable bonds is 4. The quantitative estimate of drug-likeness (QED) is 0.504. The van der Waals surface area contributed by atoms with E-state index < -0.39 is 5.91 Å². The summed E-state index contributed by atoms with van der Waals surface area (Å²) in [6.07, 6.45) is 1.65. The van der Waals surface area contributed by atoms with E-state index in [0.717, 1.165) is 22.6 Å². The molecule has 0 fully saturated rings. The molecule has 1 heterocycles. The van der Waals surface area contributed by atoms with Crippen molar-refractivity contribution in [2.75, 3.05) is 5.32 Å². The molecule has 3 aromatic rings. The topological polar surface area (TPSA) is 57.8 Å². The van der Waals surface area contributed by atoms with Crippen LogP contribution in [-0.4, -0.2) is 10.5 Å². The summed E-state index contributed by atoms with van der Waals surface area (Å²) >= 11 is 0. The van der Waals surface area contributed by atoms with Gasteiger partial charge in [0.1, 0.15) is 11.6 Å². The average molecular weight is 369 g/mol. The van der Waals surface area contributed by atoms with Crippen LogP contribution in [0.1, 0.15) is 28.1 Å². The largest absolute Gasteiger partial charge is 0.321 e. The molecular weight excluding hydrogens is 346 g/mol. The molecule has 0 radical (unpaired) electrons. The summed E-state index contributed by atoms with van der Waals surface area (Å²) in [5, 5.41) is 12.3. The number of nitrogens with zero attached hydrogens (tertiary/aromatic N) is 2. The van der Waals surface area contributed by atoms with Crippen LogP contribution >= 0.6 is 0 Å². The van der Waals surface area contributed by atoms with Crippen LogP contribution in [-0.2, 0) is 4.79 Å². The first-order chi connectivity index (χ1) is 13.4. The Kier molecular flexibility index (Phi) is 5.47. The van der Waals surface area contributed by atoms with E-state index in [1.165, 1.54) is 11.1 Å². The van der Waals surface area contributed by atoms with Crippen molar-refractivity contribution < 1.29 is 4.79 Å². The van der Waals surface area contributed by atoms with Crippen LogP contribution in [0.5, 0.6) is 0 Å². The van der Waals surface area contributed by atoms with Crippen LogP contribution in [0.2, 0.25) is 0 Å². The number of benzene rings is 2. The monoisotopic (exact) mass is 369 g/mol. The predicted octanol–water partition coefficient (Wildman–Crippen LogP) is 5.26. The Morgan fingerprint density at radius 3 is 2.39 bits per heavy atom. The van der Waals surface area contributed by atoms with Crippen molar-refractivity contribution in [3.05, 3.63) is 88.2 Å². The summed E-state index contributed by atoms with van der Waals surface area (Å²) in [4.78, 5) is 12.5. The smallest absolute Gasteiger partial charge is 0.266 e. The van der Waals surface area contributed by atoms with Gasteiger partial charge in [-0.25, -0.2) is 0 Å². The van der Waals surface area contributed by atoms with Crippen molar-refractivity contribution in [1.29, 1.82) is 5.26 Å². The van der Waals surface area contributed by atoms with Crippen LogP contribution in [0, 0.1) is 39.0 Å². The minimum atomic E-state index is -0.412. The number of aryl methyl sites for hydroxylation is 3. The molecule has 0 bridgehead atoms. The number of carbonyl (C=O) groups excluding carboxylic acids is 1. The van der Waals surface area contributed by atoms with Crippen molar-refractivity contribution in [3.63, 3.8) is 0 Å². The molecule has 4 heteroatoms. The van der Waals surface area contributed by atoms with Gasteiger partial charge in [0.15, 0.2) is 0 Å². The summed E-state index contributed by atoms with van der Waals surface area (Å²) < 4.78 is 2.16. The SMILES string of the molecule is Cc1ccc(-n2c(C)cc(/C=C(/C#N)C(=O)Nc3ccccc3)c2C)c(C)c1. The van der Waals surface area contributed by atoms with Crippen molar-refractivity contribution in [1.82, 2.24) is 4.57 Å². The fourth-order valence-corrected chi connectivity index (χ4v) is 3.38. The van der Waals surface area contributed by atoms with Gasteiger partial charge in [-0.15, -0.1) is 0 Å². The average Bonchev–Trinajstić information content (AvgIpc) is 2.94. The third-order valence-corrected chi connectivity index (χ3v) is 4.76. The fourth-order valence-electron chi connectivity index (χ4n) is 3.38. The number of aromatic nitrogens is 1. The zero-order valence-electron chi connectivity index (χ0n) is 16.6. The lowest BCUT2D eigenvalue weighted by Gasteiger charge is -2.13. The highest BCUT2D eigenvalue weighted by atomic mass is 16.1. The molecule has 0 atom stereocenters. The van der Waals surface area contributed by atoms with Gasteiger partial charge in [0.05, 0.1) is 0 Å². The molecule has 4 nitrogen and oxygen atoms in total. The number of amides is 1. The van der Waals surface area contributed by atoms with Crippen LogP contribution in [0.3, 0.4) is 0 Å². The number of nitrogens with one attached hydrogen (secondary N) is 1. The van der Waals surface area contributed by atoms with Crippen LogP contribution in [0.25, 0.3) is 11.8 Å². The Morgan fingerprint density at radius 1 is 1.04 bits per heavy atom. The molecule has 3 rings (SSSR count). The molecule has 0 saturated heterocycles. The van der Waals surface area contributed by atoms with Gasteiger partial charge >= 0.3 is 0 Å². The molecule has 1 N–H and O–H groups in total. The maximum absolute atomic E-state index is 12.5. The summed E-state index contributed by atoms with van der Waals surface area (Å²) in [5.41, 5.74) is 7.14. The first kappa shape index (κ1) is 19.2. The minimum absolute atomic E-state index is 0.0738. The predicted molar refractivity (Wildman–Crippen MR) is 113 cm³/mol. The number of hydrogen-bond donors (Lipinski definition) is 1. The Bertz CT molecular complexity index is 1100. The zero-order valence-corrected chi connectivity index (χ0v) is 16.6. The van der Waals surface area contributed by atoms with E-state index in [-0.39, 0.29) is 5.57 Å². The second-order valence-corrected chi connectivity index (χ2v) is 6.94. The van der Waals surface area contributed by atoms with Gasteiger partial charge in [-0.2, -0.15) is 5.26 Å². The van der Waals surface area contributed by atoms with Crippen molar-refractivity contribution in [2.24, 2.45) is 0 Å². The van der Waals surface area contributed by atoms with E-state index in [1.54, 1.807) is 18.2 Å². The first-order valence-corrected chi connectivity index (χ1v) is 9.15. The van der Waals surface area contributed by atoms with Crippen molar-refractivity contribution in [3.8, 4) is 11.8 Å². The first-order valence-electron chi connectivity index (χ1n) is 9.15. The van der Waals surface area contributed by atoms with Gasteiger partial charge < -0.3 is 9.88 Å². The Balaban J connectivity index is 1.97. The third-order valence-electron chi connectivity index (χ3n) is 4.76. The minimum Gasteiger partial charge on any atom is -0.321 e. The van der Waals surface area contributed by atoms with Gasteiger partial charge in [0, 0.05) is 22.8 Å². The Morgan fingerprint density at radius 2 is 1.75 bits per heavy atom. The lowest BCUT2D eigenvalue weighted by Crippen LogP contribution is -2.13. The van der Waals surface area contributed by atoms with Gasteiger partial charge in [-0.1, -0.05) is 35.9 Å². The molecule has 0 saturated carbocycles. The van der Waals surface area contributed by atoms with E-state index in [1.807, 2.05) is 44.2 Å². The zero-order chi connectivity index (χ0) is 20.3. The fraction of sp³-hybridized carbons (Fsp3) is 0.167. The van der Waals surface area contributed by atoms with E-state index in [2.05, 4.69) is 41.9 Å². The van der Waals surface area contributed by atoms with Crippen LogP contribution in [0.4, 0.5) is 5.69 Å². The van der Waals surface area contributed by atoms with Gasteiger partial charge in [-0.3, -0.25) is 4.79 Å². The van der Waals surface area contributed by atoms with Crippen LogP contribution in [0.15, 0.2) is 60.2 Å². The maximum atomic E-state index is 12.5. The highest BCUT2D eigenvalue weighted by Crippen LogP contribution is 2.25. The molecular formula is C24H23N3O. The second-order valence-electron chi connectivity index (χ2n) is 6.94. The highest BCUT2D eigenvalue weighted by Gasteiger charge is 2.15. The lowest BCUT2D eigenvalue weighted by atomic mass is 10.1. The van der Waals surface area contributed by atoms with Crippen molar-refractivity contribution >= 4 is 17.7 Å². The van der Waals surface area contributed by atoms with Gasteiger partial charge in [0.2, 0.25) is 0 Å². The third kappa shape index (κ3) is 3.89. The van der Waals surface area contributed by atoms with E-state index >= 15 is 0 Å². The summed E-state index contributed by atoms with van der Waals surface area (Å²) in [6, 6.07) is 19.5. The van der Waals surface area contributed by atoms with E-state index in [4.69, 9.17) is 0 Å². The van der Waals surface area contributed by atoms with Gasteiger partial charge in [0.25, 0.3) is 5.91 Å². The number of carbonyl (C=O) groups is 1. The lowest BCUT2D eigenvalue weighted by molar-refractivity contribution is -0.112. The number of nitriles is 1. The molecule has 0 unspecified atom stereocenters. The molecule has 0 aliphatic heterocycles. The number of hydrogen-bond acceptors (Lipinski definition) is 2. The molecule has 0 aliphatic rings. The van der Waals surface area contributed by atoms with Crippen LogP contribution < -0.4 is 5.32 Å². The molecule has 140 valence electrons. The summed E-state index contributed by atoms with van der Waals surface area (Å²) in [6.45, 7) is 8.19. The van der Waals surface area contributed by atoms with Gasteiger partial charge in [-0.05, 0) is 69.2 Å². The van der Waals surface area contributed by atoms with E-state index in [9.17, 15) is 10.1 Å². The second kappa shape index (κ2) is 7.98. The maximum Gasteiger partial charge on any atom is 0.266 e. The number of anilines is 1. The highest BCUT2D eigenvalue weighted by molar-refractivity contribution is 6.09. The molecule has 28 heavy (non-hydrogen) atoms. The van der Waals surface area contributed by atoms with Crippen molar-refractivity contribution in [2.45, 2.75) is 27.7 Å². The molecule has 1 amide bonds. The van der Waals surface area contributed by atoms with E-state index in [0.29, 0.717) is 5.69 Å². The Hall–Kier alpha value is -3.58.